The zero-order valence-electron chi connectivity index (χ0n) is 57.6. The number of likely N-dealkylation sites (tertiary alicyclic amines) is 2. The van der Waals surface area contributed by atoms with E-state index in [0.717, 1.165) is 21.9 Å². The molecule has 12 rings (SSSR count). The van der Waals surface area contributed by atoms with Crippen LogP contribution in [0.25, 0.3) is 10.8 Å². The maximum atomic E-state index is 15.3. The maximum absolute atomic E-state index is 15.3. The molecule has 7 heterocycles. The van der Waals surface area contributed by atoms with E-state index in [4.69, 9.17) is 9.47 Å². The van der Waals surface area contributed by atoms with Crippen LogP contribution in [0.15, 0.2) is 127 Å². The van der Waals surface area contributed by atoms with Crippen molar-refractivity contribution in [1.29, 1.82) is 0 Å². The molecule has 0 radical (unpaired) electrons. The van der Waals surface area contributed by atoms with Gasteiger partial charge in [0.15, 0.2) is 0 Å². The normalized spacial score (nSPS) is 23.6. The fourth-order valence-electron chi connectivity index (χ4n) is 12.9. The summed E-state index contributed by atoms with van der Waals surface area (Å²) in [5, 5.41) is 45.6. The van der Waals surface area contributed by atoms with Crippen molar-refractivity contribution in [2.75, 3.05) is 40.4 Å². The van der Waals surface area contributed by atoms with Crippen molar-refractivity contribution in [3.8, 4) is 5.75 Å². The highest BCUT2D eigenvalue weighted by Gasteiger charge is 2.49. The maximum Gasteiger partial charge on any atom is 0.326 e. The molecule has 12 atom stereocenters. The average molecular weight is 1370 g/mol. The third kappa shape index (κ3) is 18.4. The van der Waals surface area contributed by atoms with Gasteiger partial charge in [-0.1, -0.05) is 125 Å². The summed E-state index contributed by atoms with van der Waals surface area (Å²) in [7, 11) is 3.20. The van der Waals surface area contributed by atoms with Crippen LogP contribution in [-0.2, 0) is 84.9 Å². The summed E-state index contributed by atoms with van der Waals surface area (Å²) in [5.41, 5.74) is 2.22. The standard InChI is InChI=1S/C74H91N11O15/c1-9-55(78-63(86)42(2)75-7)69(92)85-41-54-38-61(85)70(93)83-39-51-19-13-12-18-50(51)36-59(83)67(90)81-58(73(97)98)33-44-20-26-48(27-21-44)65(88)77-52-37-60(84(40-52)71(94)62(74(4,5)6)82-64(87)43(3)76-8)68(91)79-56(35-46-22-25-47-16-10-11-17-49(47)32-46)66(89)80-57(72(95)96)34-45-23-28-53(29-24-45)99-30-14-15-31-100-54/h10-29,32,42-43,52,54-62,75-76H,9,30-31,33-41H2,1-8H3,(H,77,88)(H,78,86)(H,79,91)(H,80,89)(H,81,90)(H,82,87)(H,95,96)(H,97,98)/b15-14+/t42-,43-,52?,54-,55-,56-,57-,58-,59-,60-,61-,62+/m0/s1. The molecule has 2 saturated heterocycles. The zero-order valence-corrected chi connectivity index (χ0v) is 57.6. The van der Waals surface area contributed by atoms with Crippen LogP contribution in [0.4, 0.5) is 0 Å². The van der Waals surface area contributed by atoms with Crippen molar-refractivity contribution < 1.29 is 72.4 Å². The highest BCUT2D eigenvalue weighted by atomic mass is 16.5. The van der Waals surface area contributed by atoms with Crippen LogP contribution in [0.3, 0.4) is 0 Å². The summed E-state index contributed by atoms with van der Waals surface area (Å²) in [5.74, 6) is -8.06. The Labute approximate surface area is 581 Å². The van der Waals surface area contributed by atoms with E-state index >= 15 is 14.4 Å². The van der Waals surface area contributed by atoms with E-state index in [1.165, 1.54) is 39.0 Å². The lowest BCUT2D eigenvalue weighted by Gasteiger charge is -2.39. The fraction of sp³-hybridized carbons (Fsp3) is 0.446. The Bertz CT molecular complexity index is 3880. The molecule has 0 saturated carbocycles. The van der Waals surface area contributed by atoms with Gasteiger partial charge in [0, 0.05) is 63.3 Å². The van der Waals surface area contributed by atoms with Crippen molar-refractivity contribution in [1.82, 2.24) is 57.2 Å². The number of fused-ring (bicyclic) bond motifs is 2. The molecule has 26 nitrogen and oxygen atoms in total. The first-order chi connectivity index (χ1) is 47.7. The van der Waals surface area contributed by atoms with E-state index in [2.05, 4.69) is 42.5 Å². The van der Waals surface area contributed by atoms with Gasteiger partial charge in [-0.25, -0.2) is 9.59 Å². The number of likely N-dealkylation sites (N-methyl/N-ethyl adjacent to an activating group) is 2. The van der Waals surface area contributed by atoms with Gasteiger partial charge in [-0.15, -0.1) is 0 Å². The highest BCUT2D eigenvalue weighted by Crippen LogP contribution is 2.32. The quantitative estimate of drug-likeness (QED) is 0.0758. The van der Waals surface area contributed by atoms with Crippen LogP contribution in [0.5, 0.6) is 5.75 Å². The molecule has 0 aliphatic carbocycles. The summed E-state index contributed by atoms with van der Waals surface area (Å²) in [6.07, 6.45) is 2.19. The number of hydrogen-bond donors (Lipinski definition) is 10. The van der Waals surface area contributed by atoms with Gasteiger partial charge in [0.25, 0.3) is 5.91 Å². The largest absolute Gasteiger partial charge is 0.490 e. The molecule has 0 aromatic heterocycles. The summed E-state index contributed by atoms with van der Waals surface area (Å²) in [6.45, 7) is 10.0. The molecule has 532 valence electrons. The Morgan fingerprint density at radius 2 is 1.19 bits per heavy atom. The van der Waals surface area contributed by atoms with Crippen molar-refractivity contribution in [2.24, 2.45) is 5.41 Å². The van der Waals surface area contributed by atoms with Crippen LogP contribution in [0.1, 0.15) is 99.0 Å². The molecular weight excluding hydrogens is 1280 g/mol. The first-order valence-corrected chi connectivity index (χ1v) is 33.9. The van der Waals surface area contributed by atoms with Gasteiger partial charge < -0.3 is 76.9 Å². The Morgan fingerprint density at radius 1 is 0.610 bits per heavy atom. The van der Waals surface area contributed by atoms with Crippen LogP contribution in [-0.4, -0.2) is 203 Å². The van der Waals surface area contributed by atoms with Crippen LogP contribution >= 0.6 is 0 Å². The fourth-order valence-corrected chi connectivity index (χ4v) is 12.9. The Hall–Kier alpha value is -10.0. The van der Waals surface area contributed by atoms with Crippen molar-refractivity contribution in [3.63, 3.8) is 0 Å². The lowest BCUT2D eigenvalue weighted by Crippen LogP contribution is -2.61. The monoisotopic (exact) mass is 1370 g/mol. The summed E-state index contributed by atoms with van der Waals surface area (Å²) >= 11 is 0. The molecule has 8 bridgehead atoms. The smallest absolute Gasteiger partial charge is 0.326 e. The summed E-state index contributed by atoms with van der Waals surface area (Å²) < 4.78 is 12.3. The number of hydrogen-bond acceptors (Lipinski definition) is 15. The first kappa shape index (κ1) is 74.2. The van der Waals surface area contributed by atoms with Crippen LogP contribution in [0, 0.1) is 5.41 Å². The van der Waals surface area contributed by atoms with Crippen molar-refractivity contribution >= 4 is 75.9 Å². The minimum Gasteiger partial charge on any atom is -0.490 e. The predicted octanol–water partition coefficient (Wildman–Crippen LogP) is 2.72. The number of carbonyl (C=O) groups excluding carboxylic acids is 9. The molecule has 7 aliphatic heterocycles. The Morgan fingerprint density at radius 3 is 1.82 bits per heavy atom. The third-order valence-corrected chi connectivity index (χ3v) is 19.0. The van der Waals surface area contributed by atoms with E-state index in [9.17, 15) is 48.6 Å². The third-order valence-electron chi connectivity index (χ3n) is 19.0. The molecule has 1 unspecified atom stereocenters. The number of carbonyl (C=O) groups is 11. The van der Waals surface area contributed by atoms with Crippen LogP contribution in [0.2, 0.25) is 0 Å². The molecular formula is C74H91N11O15. The molecule has 0 spiro atoms. The molecule has 100 heavy (non-hydrogen) atoms. The van der Waals surface area contributed by atoms with E-state index in [1.807, 2.05) is 48.5 Å². The average Bonchev–Trinajstić information content (AvgIpc) is 1.42. The number of amides is 9. The second-order valence-corrected chi connectivity index (χ2v) is 27.1. The van der Waals surface area contributed by atoms with Gasteiger partial charge in [0.2, 0.25) is 47.3 Å². The highest BCUT2D eigenvalue weighted by molar-refractivity contribution is 5.99. The van der Waals surface area contributed by atoms with Crippen LogP contribution < -0.4 is 47.3 Å². The van der Waals surface area contributed by atoms with Gasteiger partial charge in [-0.05, 0) is 115 Å². The molecule has 10 N–H and O–H groups in total. The topological polar surface area (TPSA) is 353 Å². The second kappa shape index (κ2) is 33.2. The summed E-state index contributed by atoms with van der Waals surface area (Å²) in [6, 6.07) is 20.1. The first-order valence-electron chi connectivity index (χ1n) is 33.9. The molecule has 5 aromatic rings. The number of rotatable bonds is 13. The number of carboxylic acid groups (broad SMARTS) is 2. The second-order valence-electron chi connectivity index (χ2n) is 27.1. The van der Waals surface area contributed by atoms with E-state index in [-0.39, 0.29) is 83.4 Å². The number of carboxylic acids is 2. The van der Waals surface area contributed by atoms with Gasteiger partial charge in [-0.3, -0.25) is 43.2 Å². The predicted molar refractivity (Wildman–Crippen MR) is 370 cm³/mol. The summed E-state index contributed by atoms with van der Waals surface area (Å²) in [4.78, 5) is 161. The molecule has 5 aromatic carbocycles. The lowest BCUT2D eigenvalue weighted by atomic mass is 9.85. The Balaban J connectivity index is 1.04. The van der Waals surface area contributed by atoms with E-state index in [0.29, 0.717) is 22.4 Å². The number of nitrogens with one attached hydrogen (secondary N) is 8. The molecule has 7 aliphatic rings. The minimum absolute atomic E-state index is 0.00794. The van der Waals surface area contributed by atoms with Gasteiger partial charge in [0.05, 0.1) is 24.8 Å². The SMILES string of the molecule is CC[C@H](NC(=O)[C@H](C)NC)C(=O)N1C[C@@H]2C[C@H]1C(=O)N1Cc3ccccc3C[C@H]1C(=O)N[C@H](C(=O)O)Cc1ccc(cc1)C(=O)NC1C[C@@H](C(=O)N[C@@H](Cc3ccc4ccccc4c3)C(=O)N[C@H](C(=O)O)Cc3ccc(cc3)OC/C=C/CO2)N(C(=O)[C@@H](NC(=O)[C@H](C)NC)C(C)(C)C)C1. The van der Waals surface area contributed by atoms with Crippen molar-refractivity contribution in [3.05, 3.63) is 161 Å². The number of ether oxygens (including phenoxy) is 2. The molecule has 9 amide bonds. The minimum atomic E-state index is -1.54. The van der Waals surface area contributed by atoms with Gasteiger partial charge in [-0.2, -0.15) is 0 Å². The van der Waals surface area contributed by atoms with E-state index in [1.54, 1.807) is 110 Å². The molecule has 26 heteroatoms. The lowest BCUT2D eigenvalue weighted by molar-refractivity contribution is -0.151. The van der Waals surface area contributed by atoms with Gasteiger partial charge in [0.1, 0.15) is 60.7 Å². The number of aliphatic carboxylic acids is 2. The number of nitrogens with zero attached hydrogens (tertiary/aromatic N) is 3. The van der Waals surface area contributed by atoms with Gasteiger partial charge >= 0.3 is 11.9 Å². The molecule has 2 fully saturated rings. The zero-order chi connectivity index (χ0) is 72.1. The van der Waals surface area contributed by atoms with Crippen molar-refractivity contribution in [2.45, 2.75) is 166 Å². The number of benzene rings is 5. The van der Waals surface area contributed by atoms with E-state index < -0.39 is 143 Å². The Kier molecular flexibility index (Phi) is 24.6.